The summed E-state index contributed by atoms with van der Waals surface area (Å²) in [6.45, 7) is 2.14. The molecular formula is C18H24N2O4. The van der Waals surface area contributed by atoms with Gasteiger partial charge in [0.1, 0.15) is 0 Å². The van der Waals surface area contributed by atoms with Gasteiger partial charge in [-0.2, -0.15) is 0 Å². The van der Waals surface area contributed by atoms with Crippen molar-refractivity contribution in [2.45, 2.75) is 45.1 Å². The molecule has 2 atom stereocenters. The van der Waals surface area contributed by atoms with Crippen LogP contribution >= 0.6 is 0 Å². The lowest BCUT2D eigenvalue weighted by Gasteiger charge is -2.28. The van der Waals surface area contributed by atoms with E-state index in [-0.39, 0.29) is 17.3 Å². The molecule has 1 fully saturated rings. The lowest BCUT2D eigenvalue weighted by atomic mass is 9.84. The Kier molecular flexibility index (Phi) is 6.35. The van der Waals surface area contributed by atoms with Gasteiger partial charge < -0.3 is 15.4 Å². The zero-order chi connectivity index (χ0) is 17.5. The smallest absolute Gasteiger partial charge is 0.339 e. The zero-order valence-electron chi connectivity index (χ0n) is 14.1. The van der Waals surface area contributed by atoms with Gasteiger partial charge in [0.25, 0.3) is 0 Å². The van der Waals surface area contributed by atoms with E-state index in [1.165, 1.54) is 19.6 Å². The van der Waals surface area contributed by atoms with E-state index in [0.29, 0.717) is 5.92 Å². The number of anilines is 1. The fraction of sp³-hybridized carbons (Fsp3) is 0.500. The van der Waals surface area contributed by atoms with Crippen LogP contribution in [0, 0.1) is 5.92 Å². The molecule has 2 amide bonds. The van der Waals surface area contributed by atoms with E-state index in [1.54, 1.807) is 18.2 Å². The second-order valence-electron chi connectivity index (χ2n) is 6.10. The fourth-order valence-electron chi connectivity index (χ4n) is 3.10. The number of carbonyl (C=O) groups is 3. The van der Waals surface area contributed by atoms with Gasteiger partial charge in [-0.05, 0) is 30.9 Å². The molecule has 0 aromatic heterocycles. The van der Waals surface area contributed by atoms with Crippen LogP contribution in [-0.2, 0) is 14.3 Å². The van der Waals surface area contributed by atoms with Crippen LogP contribution < -0.4 is 10.6 Å². The summed E-state index contributed by atoms with van der Waals surface area (Å²) in [7, 11) is 1.26. The van der Waals surface area contributed by atoms with Crippen LogP contribution in [0.2, 0.25) is 0 Å². The average molecular weight is 332 g/mol. The number of esters is 1. The summed E-state index contributed by atoms with van der Waals surface area (Å²) >= 11 is 0. The maximum atomic E-state index is 12.1. The number of carbonyl (C=O) groups excluding carboxylic acids is 3. The summed E-state index contributed by atoms with van der Waals surface area (Å²) in [5.41, 5.74) is 0.476. The SMILES string of the molecule is CC[C@H]1CCC[C@H](NC(=O)C(=O)Nc2ccccc2C(=O)OC)C1. The Morgan fingerprint density at radius 3 is 2.62 bits per heavy atom. The van der Waals surface area contributed by atoms with Crippen molar-refractivity contribution in [3.8, 4) is 0 Å². The second-order valence-corrected chi connectivity index (χ2v) is 6.10. The third-order valence-corrected chi connectivity index (χ3v) is 4.48. The second kappa shape index (κ2) is 8.47. The quantitative estimate of drug-likeness (QED) is 0.655. The van der Waals surface area contributed by atoms with Crippen LogP contribution in [0.5, 0.6) is 0 Å². The van der Waals surface area contributed by atoms with E-state index in [4.69, 9.17) is 0 Å². The molecular weight excluding hydrogens is 308 g/mol. The number of hydrogen-bond donors (Lipinski definition) is 2. The van der Waals surface area contributed by atoms with Gasteiger partial charge >= 0.3 is 17.8 Å². The van der Waals surface area contributed by atoms with E-state index in [0.717, 1.165) is 25.7 Å². The standard InChI is InChI=1S/C18H24N2O4/c1-3-12-7-6-8-13(11-12)19-16(21)17(22)20-15-10-5-4-9-14(15)18(23)24-2/h4-5,9-10,12-13H,3,6-8,11H2,1-2H3,(H,19,21)(H,20,22)/t12-,13-/m0/s1. The predicted octanol–water partition coefficient (Wildman–Crippen LogP) is 2.50. The minimum atomic E-state index is -0.773. The summed E-state index contributed by atoms with van der Waals surface area (Å²) in [6.07, 6.45) is 5.14. The van der Waals surface area contributed by atoms with Crippen LogP contribution in [-0.4, -0.2) is 30.9 Å². The molecule has 0 aliphatic heterocycles. The Labute approximate surface area is 142 Å². The van der Waals surface area contributed by atoms with Crippen molar-refractivity contribution in [1.82, 2.24) is 5.32 Å². The van der Waals surface area contributed by atoms with Crippen molar-refractivity contribution in [1.29, 1.82) is 0 Å². The first kappa shape index (κ1) is 18.0. The Hall–Kier alpha value is -2.37. The van der Waals surface area contributed by atoms with Crippen LogP contribution in [0.4, 0.5) is 5.69 Å². The number of benzene rings is 1. The van der Waals surface area contributed by atoms with Gasteiger partial charge in [-0.25, -0.2) is 4.79 Å². The zero-order valence-corrected chi connectivity index (χ0v) is 14.1. The highest BCUT2D eigenvalue weighted by molar-refractivity contribution is 6.40. The molecule has 6 heteroatoms. The first-order valence-electron chi connectivity index (χ1n) is 8.34. The molecule has 1 aromatic rings. The van der Waals surface area contributed by atoms with Crippen molar-refractivity contribution in [2.75, 3.05) is 12.4 Å². The lowest BCUT2D eigenvalue weighted by molar-refractivity contribution is -0.136. The maximum absolute atomic E-state index is 12.1. The molecule has 1 aliphatic carbocycles. The monoisotopic (exact) mass is 332 g/mol. The van der Waals surface area contributed by atoms with Crippen LogP contribution in [0.3, 0.4) is 0 Å². The van der Waals surface area contributed by atoms with Crippen LogP contribution in [0.15, 0.2) is 24.3 Å². The van der Waals surface area contributed by atoms with Crippen molar-refractivity contribution < 1.29 is 19.1 Å². The number of ether oxygens (including phenoxy) is 1. The Morgan fingerprint density at radius 1 is 1.17 bits per heavy atom. The molecule has 0 heterocycles. The van der Waals surface area contributed by atoms with Gasteiger partial charge in [0.05, 0.1) is 18.4 Å². The number of amides is 2. The van der Waals surface area contributed by atoms with Gasteiger partial charge in [-0.1, -0.05) is 38.3 Å². The number of rotatable bonds is 4. The minimum Gasteiger partial charge on any atom is -0.465 e. The average Bonchev–Trinajstić information content (AvgIpc) is 2.61. The van der Waals surface area contributed by atoms with Gasteiger partial charge in [0.2, 0.25) is 0 Å². The van der Waals surface area contributed by atoms with E-state index < -0.39 is 17.8 Å². The van der Waals surface area contributed by atoms with Crippen LogP contribution in [0.1, 0.15) is 49.4 Å². The fourth-order valence-corrected chi connectivity index (χ4v) is 3.10. The molecule has 0 unspecified atom stereocenters. The van der Waals surface area contributed by atoms with Crippen molar-refractivity contribution >= 4 is 23.5 Å². The molecule has 0 spiro atoms. The molecule has 2 rings (SSSR count). The predicted molar refractivity (Wildman–Crippen MR) is 90.6 cm³/mol. The van der Waals surface area contributed by atoms with E-state index >= 15 is 0 Å². The Morgan fingerprint density at radius 2 is 1.92 bits per heavy atom. The summed E-state index contributed by atoms with van der Waals surface area (Å²) in [4.78, 5) is 35.9. The molecule has 130 valence electrons. The molecule has 2 N–H and O–H groups in total. The number of para-hydroxylation sites is 1. The van der Waals surface area contributed by atoms with Crippen molar-refractivity contribution in [3.05, 3.63) is 29.8 Å². The summed E-state index contributed by atoms with van der Waals surface area (Å²) in [6, 6.07) is 6.47. The van der Waals surface area contributed by atoms with Crippen LogP contribution in [0.25, 0.3) is 0 Å². The van der Waals surface area contributed by atoms with Gasteiger partial charge in [-0.15, -0.1) is 0 Å². The number of nitrogens with one attached hydrogen (secondary N) is 2. The van der Waals surface area contributed by atoms with Gasteiger partial charge in [-0.3, -0.25) is 9.59 Å². The highest BCUT2D eigenvalue weighted by Gasteiger charge is 2.25. The van der Waals surface area contributed by atoms with Crippen molar-refractivity contribution in [2.24, 2.45) is 5.92 Å². The third kappa shape index (κ3) is 4.57. The van der Waals surface area contributed by atoms with E-state index in [9.17, 15) is 14.4 Å². The number of methoxy groups -OCH3 is 1. The van der Waals surface area contributed by atoms with Gasteiger partial charge in [0.15, 0.2) is 0 Å². The molecule has 0 radical (unpaired) electrons. The summed E-state index contributed by atoms with van der Waals surface area (Å²) in [5.74, 6) is -1.40. The highest BCUT2D eigenvalue weighted by atomic mass is 16.5. The van der Waals surface area contributed by atoms with E-state index in [1.807, 2.05) is 0 Å². The first-order valence-corrected chi connectivity index (χ1v) is 8.34. The Balaban J connectivity index is 1.97. The molecule has 1 aliphatic rings. The molecule has 0 saturated heterocycles. The first-order chi connectivity index (χ1) is 11.5. The van der Waals surface area contributed by atoms with Crippen molar-refractivity contribution in [3.63, 3.8) is 0 Å². The molecule has 6 nitrogen and oxygen atoms in total. The Bertz CT molecular complexity index is 615. The highest BCUT2D eigenvalue weighted by Crippen LogP contribution is 2.26. The summed E-state index contributed by atoms with van der Waals surface area (Å²) < 4.78 is 4.67. The summed E-state index contributed by atoms with van der Waals surface area (Å²) in [5, 5.41) is 5.29. The molecule has 1 aromatic carbocycles. The maximum Gasteiger partial charge on any atom is 0.339 e. The normalized spacial score (nSPS) is 20.1. The van der Waals surface area contributed by atoms with Gasteiger partial charge in [0, 0.05) is 6.04 Å². The van der Waals surface area contributed by atoms with E-state index in [2.05, 4.69) is 22.3 Å². The molecule has 0 bridgehead atoms. The largest absolute Gasteiger partial charge is 0.465 e. The number of hydrogen-bond acceptors (Lipinski definition) is 4. The minimum absolute atomic E-state index is 0.0396. The topological polar surface area (TPSA) is 84.5 Å². The molecule has 1 saturated carbocycles. The third-order valence-electron chi connectivity index (χ3n) is 4.48. The molecule has 24 heavy (non-hydrogen) atoms. The lowest BCUT2D eigenvalue weighted by Crippen LogP contribution is -2.44.